The number of aromatic amines is 1. The van der Waals surface area contributed by atoms with E-state index in [9.17, 15) is 35.9 Å². The Labute approximate surface area is 183 Å². The number of carbonyl (C=O) groups excluding carboxylic acids is 2. The molecule has 3 aromatic rings. The molecule has 0 bridgehead atoms. The molecule has 2 N–H and O–H groups in total. The Bertz CT molecular complexity index is 1180. The van der Waals surface area contributed by atoms with E-state index in [0.29, 0.717) is 23.5 Å². The number of fused-ring (bicyclic) bond motifs is 1. The van der Waals surface area contributed by atoms with E-state index in [0.717, 1.165) is 16.5 Å². The minimum absolute atomic E-state index is 0.0593. The van der Waals surface area contributed by atoms with Crippen molar-refractivity contribution in [3.63, 3.8) is 0 Å². The molecule has 2 amide bonds. The highest BCUT2D eigenvalue weighted by Crippen LogP contribution is 2.36. The second-order valence-corrected chi connectivity index (χ2v) is 7.75. The largest absolute Gasteiger partial charge is 0.416 e. The summed E-state index contributed by atoms with van der Waals surface area (Å²) in [5.74, 6) is -1.94. The number of rotatable bonds is 3. The Balaban J connectivity index is 1.61. The molecule has 1 saturated heterocycles. The van der Waals surface area contributed by atoms with E-state index in [1.165, 1.54) is 0 Å². The van der Waals surface area contributed by atoms with Crippen molar-refractivity contribution >= 4 is 22.7 Å². The van der Waals surface area contributed by atoms with Crippen molar-refractivity contribution in [2.24, 2.45) is 0 Å². The highest BCUT2D eigenvalue weighted by molar-refractivity contribution is 6.05. The molecule has 0 saturated carbocycles. The van der Waals surface area contributed by atoms with Gasteiger partial charge in [0.15, 0.2) is 0 Å². The van der Waals surface area contributed by atoms with Crippen LogP contribution >= 0.6 is 0 Å². The Hall–Kier alpha value is -3.34. The lowest BCUT2D eigenvalue weighted by molar-refractivity contribution is -0.143. The van der Waals surface area contributed by atoms with Crippen molar-refractivity contribution in [2.75, 3.05) is 13.1 Å². The van der Waals surface area contributed by atoms with Crippen LogP contribution in [0.5, 0.6) is 0 Å². The summed E-state index contributed by atoms with van der Waals surface area (Å²) >= 11 is 0. The number of nitrogens with one attached hydrogen (secondary N) is 2. The lowest BCUT2D eigenvalue weighted by atomic mass is 10.0. The molecule has 1 aliphatic heterocycles. The van der Waals surface area contributed by atoms with Gasteiger partial charge in [0.2, 0.25) is 5.91 Å². The SMILES string of the molecule is O=C1CNC(Cc2c[nH]c3ccccc23)CN1C(=O)c1cc(C(F)(F)F)cc(C(F)(F)F)c1. The van der Waals surface area contributed by atoms with Crippen LogP contribution in [-0.4, -0.2) is 40.8 Å². The first-order valence-electron chi connectivity index (χ1n) is 9.86. The Kier molecular flexibility index (Phi) is 5.69. The number of hydrogen-bond donors (Lipinski definition) is 2. The minimum atomic E-state index is -5.10. The second-order valence-electron chi connectivity index (χ2n) is 7.75. The van der Waals surface area contributed by atoms with Crippen LogP contribution in [0.4, 0.5) is 26.3 Å². The monoisotopic (exact) mass is 469 g/mol. The maximum atomic E-state index is 13.1. The number of imide groups is 1. The molecule has 174 valence electrons. The summed E-state index contributed by atoms with van der Waals surface area (Å²) in [6, 6.07) is 7.64. The van der Waals surface area contributed by atoms with Crippen LogP contribution in [-0.2, 0) is 23.6 Å². The van der Waals surface area contributed by atoms with Gasteiger partial charge in [-0.3, -0.25) is 14.5 Å². The maximum absolute atomic E-state index is 13.1. The zero-order valence-electron chi connectivity index (χ0n) is 16.8. The van der Waals surface area contributed by atoms with Gasteiger partial charge in [0, 0.05) is 35.2 Å². The van der Waals surface area contributed by atoms with Crippen LogP contribution in [0.2, 0.25) is 0 Å². The fraction of sp³-hybridized carbons (Fsp3) is 0.273. The van der Waals surface area contributed by atoms with E-state index in [-0.39, 0.29) is 19.2 Å². The van der Waals surface area contributed by atoms with Gasteiger partial charge in [-0.1, -0.05) is 18.2 Å². The first kappa shape index (κ1) is 22.8. The molecule has 1 aromatic heterocycles. The van der Waals surface area contributed by atoms with Gasteiger partial charge in [-0.25, -0.2) is 0 Å². The predicted molar refractivity (Wildman–Crippen MR) is 106 cm³/mol. The zero-order chi connectivity index (χ0) is 24.0. The number of benzene rings is 2. The number of halogens is 6. The molecule has 1 fully saturated rings. The number of aromatic nitrogens is 1. The van der Waals surface area contributed by atoms with Gasteiger partial charge in [-0.15, -0.1) is 0 Å². The summed E-state index contributed by atoms with van der Waals surface area (Å²) < 4.78 is 78.9. The number of nitrogens with zero attached hydrogens (tertiary/aromatic N) is 1. The molecule has 2 aromatic carbocycles. The van der Waals surface area contributed by atoms with Crippen molar-refractivity contribution < 1.29 is 35.9 Å². The maximum Gasteiger partial charge on any atom is 0.416 e. The van der Waals surface area contributed by atoms with E-state index >= 15 is 0 Å². The quantitative estimate of drug-likeness (QED) is 0.442. The fourth-order valence-electron chi connectivity index (χ4n) is 3.85. The molecule has 0 radical (unpaired) electrons. The van der Waals surface area contributed by atoms with E-state index in [1.807, 2.05) is 24.3 Å². The highest BCUT2D eigenvalue weighted by Gasteiger charge is 2.39. The average Bonchev–Trinajstić information content (AvgIpc) is 3.16. The summed E-state index contributed by atoms with van der Waals surface area (Å²) in [7, 11) is 0. The van der Waals surface area contributed by atoms with Gasteiger partial charge in [-0.2, -0.15) is 26.3 Å². The van der Waals surface area contributed by atoms with E-state index in [4.69, 9.17) is 0 Å². The van der Waals surface area contributed by atoms with Gasteiger partial charge in [0.05, 0.1) is 17.7 Å². The lowest BCUT2D eigenvalue weighted by Gasteiger charge is -2.32. The Morgan fingerprint density at radius 2 is 1.64 bits per heavy atom. The minimum Gasteiger partial charge on any atom is -0.361 e. The molecule has 2 heterocycles. The predicted octanol–water partition coefficient (Wildman–Crippen LogP) is 4.39. The van der Waals surface area contributed by atoms with Crippen LogP contribution in [0.25, 0.3) is 10.9 Å². The highest BCUT2D eigenvalue weighted by atomic mass is 19.4. The molecule has 0 aliphatic carbocycles. The van der Waals surface area contributed by atoms with Crippen LogP contribution in [0.1, 0.15) is 27.0 Å². The summed E-state index contributed by atoms with van der Waals surface area (Å²) in [5.41, 5.74) is -2.30. The average molecular weight is 469 g/mol. The molecule has 11 heteroatoms. The molecule has 4 rings (SSSR count). The van der Waals surface area contributed by atoms with Gasteiger partial charge in [0.1, 0.15) is 0 Å². The van der Waals surface area contributed by atoms with Gasteiger partial charge in [-0.05, 0) is 36.2 Å². The summed E-state index contributed by atoms with van der Waals surface area (Å²) in [6.07, 6.45) is -8.03. The third kappa shape index (κ3) is 4.72. The molecule has 1 aliphatic rings. The van der Waals surface area contributed by atoms with Crippen molar-refractivity contribution in [3.8, 4) is 0 Å². The van der Waals surface area contributed by atoms with Crippen LogP contribution in [0.15, 0.2) is 48.7 Å². The Morgan fingerprint density at radius 1 is 1.00 bits per heavy atom. The van der Waals surface area contributed by atoms with E-state index in [1.54, 1.807) is 6.20 Å². The van der Waals surface area contributed by atoms with Crippen molar-refractivity contribution in [3.05, 3.63) is 70.9 Å². The number of amides is 2. The molecule has 5 nitrogen and oxygen atoms in total. The summed E-state index contributed by atoms with van der Waals surface area (Å²) in [4.78, 5) is 29.0. The number of H-pyrrole nitrogens is 1. The zero-order valence-corrected chi connectivity index (χ0v) is 16.8. The van der Waals surface area contributed by atoms with Crippen molar-refractivity contribution in [1.82, 2.24) is 15.2 Å². The van der Waals surface area contributed by atoms with E-state index in [2.05, 4.69) is 10.3 Å². The lowest BCUT2D eigenvalue weighted by Crippen LogP contribution is -2.56. The van der Waals surface area contributed by atoms with Crippen molar-refractivity contribution in [2.45, 2.75) is 24.8 Å². The normalized spacial score (nSPS) is 17.6. The molecular weight excluding hydrogens is 452 g/mol. The molecule has 0 spiro atoms. The Morgan fingerprint density at radius 3 is 2.27 bits per heavy atom. The molecule has 1 unspecified atom stereocenters. The van der Waals surface area contributed by atoms with Crippen LogP contribution < -0.4 is 5.32 Å². The molecule has 33 heavy (non-hydrogen) atoms. The van der Waals surface area contributed by atoms with Gasteiger partial charge >= 0.3 is 12.4 Å². The molecule has 1 atom stereocenters. The van der Waals surface area contributed by atoms with Crippen LogP contribution in [0.3, 0.4) is 0 Å². The summed E-state index contributed by atoms with van der Waals surface area (Å²) in [6.45, 7) is -0.474. The molecular formula is C22H17F6N3O2. The number of alkyl halides is 6. The summed E-state index contributed by atoms with van der Waals surface area (Å²) in [5, 5.41) is 3.89. The topological polar surface area (TPSA) is 65.2 Å². The number of piperazine rings is 1. The smallest absolute Gasteiger partial charge is 0.361 e. The third-order valence-corrected chi connectivity index (χ3v) is 5.47. The first-order chi connectivity index (χ1) is 15.4. The van der Waals surface area contributed by atoms with Crippen molar-refractivity contribution in [1.29, 1.82) is 0 Å². The second kappa shape index (κ2) is 8.22. The standard InChI is InChI=1S/C22H17F6N3O2/c23-21(24,25)14-5-12(6-15(8-14)22(26,27)28)20(33)31-11-16(29-10-19(31)32)7-13-9-30-18-4-2-1-3-17(13)18/h1-6,8-9,16,29-30H,7,10-11H2. The van der Waals surface area contributed by atoms with Crippen LogP contribution in [0, 0.1) is 0 Å². The number of carbonyl (C=O) groups is 2. The van der Waals surface area contributed by atoms with Gasteiger partial charge in [0.25, 0.3) is 5.91 Å². The fourth-order valence-corrected chi connectivity index (χ4v) is 3.85. The number of hydrogen-bond acceptors (Lipinski definition) is 3. The number of para-hydroxylation sites is 1. The first-order valence-corrected chi connectivity index (χ1v) is 9.86. The van der Waals surface area contributed by atoms with E-state index < -0.39 is 46.9 Å². The van der Waals surface area contributed by atoms with Gasteiger partial charge < -0.3 is 10.3 Å². The third-order valence-electron chi connectivity index (χ3n) is 5.47.